The number of anilines is 1. The molecule has 2 aliphatic rings. The lowest BCUT2D eigenvalue weighted by Gasteiger charge is -2.32. The van der Waals surface area contributed by atoms with E-state index in [0.717, 1.165) is 6.42 Å². The summed E-state index contributed by atoms with van der Waals surface area (Å²) < 4.78 is 7.97. The van der Waals surface area contributed by atoms with E-state index in [-0.39, 0.29) is 5.41 Å². The quantitative estimate of drug-likeness (QED) is 0.730. The van der Waals surface area contributed by atoms with Gasteiger partial charge in [-0.3, -0.25) is 4.90 Å². The Morgan fingerprint density at radius 1 is 1.37 bits per heavy atom. The van der Waals surface area contributed by atoms with Crippen molar-refractivity contribution in [2.24, 2.45) is 7.05 Å². The van der Waals surface area contributed by atoms with Crippen LogP contribution in [0.3, 0.4) is 0 Å². The number of fused-ring (bicyclic) bond motifs is 5. The highest BCUT2D eigenvalue weighted by Gasteiger charge is 2.62. The maximum atomic E-state index is 5.76. The number of nitrogens with zero attached hydrogens (tertiary/aromatic N) is 2. The second-order valence-electron chi connectivity index (χ2n) is 6.10. The SMILES string of the molecule is CC1N(c2cccc[n+]2C)C2CC1(C)c1occc12. The third-order valence-electron chi connectivity index (χ3n) is 5.16. The zero-order valence-electron chi connectivity index (χ0n) is 11.6. The molecule has 0 N–H and O–H groups in total. The summed E-state index contributed by atoms with van der Waals surface area (Å²) in [6.07, 6.45) is 5.13. The lowest BCUT2D eigenvalue weighted by atomic mass is 9.83. The van der Waals surface area contributed by atoms with Crippen molar-refractivity contribution in [3.63, 3.8) is 0 Å². The summed E-state index contributed by atoms with van der Waals surface area (Å²) in [6.45, 7) is 4.65. The smallest absolute Gasteiger partial charge is 0.277 e. The van der Waals surface area contributed by atoms with Gasteiger partial charge in [0.15, 0.2) is 0 Å². The van der Waals surface area contributed by atoms with Gasteiger partial charge >= 0.3 is 0 Å². The Bertz CT molecular complexity index is 648. The molecule has 19 heavy (non-hydrogen) atoms. The highest BCUT2D eigenvalue weighted by atomic mass is 16.3. The molecule has 1 aliphatic carbocycles. The third-order valence-corrected chi connectivity index (χ3v) is 5.16. The Labute approximate surface area is 113 Å². The van der Waals surface area contributed by atoms with Crippen molar-refractivity contribution >= 4 is 5.82 Å². The first-order chi connectivity index (χ1) is 9.13. The van der Waals surface area contributed by atoms with Crippen LogP contribution >= 0.6 is 0 Å². The number of rotatable bonds is 1. The molecule has 0 spiro atoms. The fourth-order valence-electron chi connectivity index (χ4n) is 3.98. The van der Waals surface area contributed by atoms with Crippen molar-refractivity contribution in [1.82, 2.24) is 0 Å². The fourth-order valence-corrected chi connectivity index (χ4v) is 3.98. The Balaban J connectivity index is 1.88. The van der Waals surface area contributed by atoms with Gasteiger partial charge in [-0.2, -0.15) is 0 Å². The first-order valence-electron chi connectivity index (χ1n) is 6.94. The first-order valence-corrected chi connectivity index (χ1v) is 6.94. The monoisotopic (exact) mass is 255 g/mol. The number of hydrogen-bond acceptors (Lipinski definition) is 2. The standard InChI is InChI=1S/C16H19N2O/c1-11-16(2)10-13(12-7-9-19-15(12)16)18(11)14-6-4-5-8-17(14)3/h4-9,11,13H,10H2,1-3H3/q+1. The van der Waals surface area contributed by atoms with E-state index in [1.54, 1.807) is 0 Å². The molecule has 4 rings (SSSR count). The second kappa shape index (κ2) is 3.41. The van der Waals surface area contributed by atoms with E-state index < -0.39 is 0 Å². The van der Waals surface area contributed by atoms with Crippen molar-refractivity contribution in [3.8, 4) is 0 Å². The predicted molar refractivity (Wildman–Crippen MR) is 73.0 cm³/mol. The summed E-state index contributed by atoms with van der Waals surface area (Å²) in [7, 11) is 2.12. The van der Waals surface area contributed by atoms with Crippen LogP contribution in [0.15, 0.2) is 41.1 Å². The largest absolute Gasteiger partial charge is 0.468 e. The van der Waals surface area contributed by atoms with E-state index >= 15 is 0 Å². The topological polar surface area (TPSA) is 20.3 Å². The lowest BCUT2D eigenvalue weighted by Crippen LogP contribution is -2.47. The summed E-state index contributed by atoms with van der Waals surface area (Å²) >= 11 is 0. The zero-order chi connectivity index (χ0) is 13.2. The Kier molecular flexibility index (Phi) is 1.99. The van der Waals surface area contributed by atoms with Crippen LogP contribution in [0.2, 0.25) is 0 Å². The second-order valence-corrected chi connectivity index (χ2v) is 6.10. The predicted octanol–water partition coefficient (Wildman–Crippen LogP) is 2.72. The van der Waals surface area contributed by atoms with Gasteiger partial charge in [-0.15, -0.1) is 0 Å². The molecule has 2 aromatic rings. The summed E-state index contributed by atoms with van der Waals surface area (Å²) in [5.41, 5.74) is 1.52. The van der Waals surface area contributed by atoms with Gasteiger partial charge < -0.3 is 4.42 Å². The summed E-state index contributed by atoms with van der Waals surface area (Å²) in [5.74, 6) is 2.50. The summed E-state index contributed by atoms with van der Waals surface area (Å²) in [6, 6.07) is 9.47. The number of pyridine rings is 1. The van der Waals surface area contributed by atoms with Crippen LogP contribution in [0.1, 0.15) is 37.6 Å². The number of hydrogen-bond donors (Lipinski definition) is 0. The molecule has 2 aromatic heterocycles. The molecule has 1 saturated heterocycles. The maximum absolute atomic E-state index is 5.76. The van der Waals surface area contributed by atoms with Gasteiger partial charge in [-0.25, -0.2) is 4.57 Å². The third kappa shape index (κ3) is 1.20. The number of furan rings is 1. The minimum absolute atomic E-state index is 0.145. The molecule has 1 aliphatic heterocycles. The van der Waals surface area contributed by atoms with Crippen LogP contribution in [-0.2, 0) is 12.5 Å². The maximum Gasteiger partial charge on any atom is 0.277 e. The molecule has 0 radical (unpaired) electrons. The molecular weight excluding hydrogens is 236 g/mol. The lowest BCUT2D eigenvalue weighted by molar-refractivity contribution is -0.659. The van der Waals surface area contributed by atoms with Crippen LogP contribution in [0.4, 0.5) is 5.82 Å². The van der Waals surface area contributed by atoms with Crippen LogP contribution in [-0.4, -0.2) is 6.04 Å². The van der Waals surface area contributed by atoms with Crippen LogP contribution in [0.25, 0.3) is 0 Å². The van der Waals surface area contributed by atoms with Crippen molar-refractivity contribution in [1.29, 1.82) is 0 Å². The van der Waals surface area contributed by atoms with E-state index in [1.165, 1.54) is 17.1 Å². The number of aryl methyl sites for hydroxylation is 1. The van der Waals surface area contributed by atoms with Gasteiger partial charge in [-0.05, 0) is 26.0 Å². The average Bonchev–Trinajstić information content (AvgIpc) is 3.02. The van der Waals surface area contributed by atoms with E-state index in [0.29, 0.717) is 12.1 Å². The van der Waals surface area contributed by atoms with Gasteiger partial charge in [0.2, 0.25) is 0 Å². The van der Waals surface area contributed by atoms with Crippen LogP contribution < -0.4 is 9.47 Å². The molecule has 98 valence electrons. The highest BCUT2D eigenvalue weighted by molar-refractivity contribution is 5.53. The highest BCUT2D eigenvalue weighted by Crippen LogP contribution is 2.58. The summed E-state index contributed by atoms with van der Waals surface area (Å²) in [4.78, 5) is 2.55. The summed E-state index contributed by atoms with van der Waals surface area (Å²) in [5, 5.41) is 0. The molecular formula is C16H19N2O+. The molecule has 0 saturated carbocycles. The van der Waals surface area contributed by atoms with Crippen LogP contribution in [0, 0.1) is 0 Å². The molecule has 3 nitrogen and oxygen atoms in total. The molecule has 3 heterocycles. The van der Waals surface area contributed by atoms with E-state index in [2.05, 4.69) is 60.8 Å². The van der Waals surface area contributed by atoms with E-state index in [4.69, 9.17) is 4.42 Å². The molecule has 0 aromatic carbocycles. The van der Waals surface area contributed by atoms with Crippen molar-refractivity contribution < 1.29 is 8.98 Å². The van der Waals surface area contributed by atoms with Crippen molar-refractivity contribution in [2.75, 3.05) is 4.90 Å². The molecule has 1 fully saturated rings. The zero-order valence-corrected chi connectivity index (χ0v) is 11.6. The van der Waals surface area contributed by atoms with Gasteiger partial charge in [0.25, 0.3) is 5.82 Å². The molecule has 0 amide bonds. The van der Waals surface area contributed by atoms with Gasteiger partial charge in [0, 0.05) is 18.1 Å². The normalized spacial score (nSPS) is 31.8. The minimum Gasteiger partial charge on any atom is -0.468 e. The Morgan fingerprint density at radius 3 is 3.00 bits per heavy atom. The van der Waals surface area contributed by atoms with Crippen molar-refractivity contribution in [2.45, 2.75) is 37.8 Å². The molecule has 3 heteroatoms. The van der Waals surface area contributed by atoms with Crippen LogP contribution in [0.5, 0.6) is 0 Å². The fraction of sp³-hybridized carbons (Fsp3) is 0.438. The van der Waals surface area contributed by atoms with E-state index in [1.807, 2.05) is 6.26 Å². The van der Waals surface area contributed by atoms with Gasteiger partial charge in [-0.1, -0.05) is 6.07 Å². The van der Waals surface area contributed by atoms with Gasteiger partial charge in [0.1, 0.15) is 17.8 Å². The van der Waals surface area contributed by atoms with Crippen molar-refractivity contribution in [3.05, 3.63) is 48.0 Å². The first kappa shape index (κ1) is 11.1. The van der Waals surface area contributed by atoms with Gasteiger partial charge in [0.05, 0.1) is 24.9 Å². The molecule has 3 unspecified atom stereocenters. The molecule has 2 bridgehead atoms. The van der Waals surface area contributed by atoms with E-state index in [9.17, 15) is 0 Å². The Morgan fingerprint density at radius 2 is 2.21 bits per heavy atom. The molecule has 3 atom stereocenters. The number of aromatic nitrogens is 1. The Hall–Kier alpha value is -1.77. The minimum atomic E-state index is 0.145. The average molecular weight is 255 g/mol.